The van der Waals surface area contributed by atoms with Gasteiger partial charge in [-0.2, -0.15) is 5.10 Å². The largest absolute Gasteiger partial charge is 0.454 e. The first-order chi connectivity index (χ1) is 10.6. The summed E-state index contributed by atoms with van der Waals surface area (Å²) in [5, 5.41) is 4.35. The predicted molar refractivity (Wildman–Crippen MR) is 82.0 cm³/mol. The molecule has 1 aromatic carbocycles. The topological polar surface area (TPSA) is 56.6 Å². The quantitative estimate of drug-likeness (QED) is 0.869. The molecule has 6 heteroatoms. The minimum absolute atomic E-state index is 0.0485. The van der Waals surface area contributed by atoms with E-state index in [1.807, 2.05) is 45.2 Å². The Bertz CT molecular complexity index is 705. The number of rotatable bonds is 4. The highest BCUT2D eigenvalue weighted by atomic mass is 16.7. The third-order valence-electron chi connectivity index (χ3n) is 3.82. The Labute approximate surface area is 129 Å². The molecule has 1 aromatic heterocycles. The Kier molecular flexibility index (Phi) is 3.75. The number of fused-ring (bicyclic) bond motifs is 1. The van der Waals surface area contributed by atoms with E-state index in [0.717, 1.165) is 22.8 Å². The second-order valence-corrected chi connectivity index (χ2v) is 5.08. The molecule has 0 bridgehead atoms. The van der Waals surface area contributed by atoms with Gasteiger partial charge in [0, 0.05) is 25.7 Å². The molecule has 22 heavy (non-hydrogen) atoms. The van der Waals surface area contributed by atoms with E-state index < -0.39 is 0 Å². The number of carbonyl (C=O) groups is 1. The van der Waals surface area contributed by atoms with Gasteiger partial charge in [0.05, 0.1) is 5.69 Å². The number of carbonyl (C=O) groups excluding carboxylic acids is 1. The van der Waals surface area contributed by atoms with Crippen LogP contribution in [0.2, 0.25) is 0 Å². The van der Waals surface area contributed by atoms with Crippen molar-refractivity contribution < 1.29 is 14.3 Å². The van der Waals surface area contributed by atoms with Crippen LogP contribution in [0.5, 0.6) is 11.5 Å². The molecule has 0 atom stereocenters. The van der Waals surface area contributed by atoms with Crippen LogP contribution in [-0.4, -0.2) is 40.5 Å². The van der Waals surface area contributed by atoms with Gasteiger partial charge in [0.25, 0.3) is 5.91 Å². The zero-order valence-electron chi connectivity index (χ0n) is 13.0. The van der Waals surface area contributed by atoms with Gasteiger partial charge in [-0.05, 0) is 38.1 Å². The molecule has 2 heterocycles. The molecule has 1 aliphatic heterocycles. The predicted octanol–water partition coefficient (Wildman–Crippen LogP) is 2.30. The van der Waals surface area contributed by atoms with Gasteiger partial charge in [-0.25, -0.2) is 0 Å². The standard InChI is InChI=1S/C16H19N3O3/c1-4-19(5-2)16(20)12-9-13(18(3)17-12)11-6-7-14-15(8-11)22-10-21-14/h6-9H,4-5,10H2,1-3H3. The maximum Gasteiger partial charge on any atom is 0.274 e. The molecule has 1 amide bonds. The third kappa shape index (κ3) is 2.41. The zero-order chi connectivity index (χ0) is 15.7. The maximum absolute atomic E-state index is 12.4. The summed E-state index contributed by atoms with van der Waals surface area (Å²) in [6.45, 7) is 5.51. The number of benzene rings is 1. The minimum atomic E-state index is -0.0485. The monoisotopic (exact) mass is 301 g/mol. The number of hydrogen-bond acceptors (Lipinski definition) is 4. The lowest BCUT2D eigenvalue weighted by Gasteiger charge is -2.16. The fourth-order valence-corrected chi connectivity index (χ4v) is 2.57. The molecule has 0 radical (unpaired) electrons. The lowest BCUT2D eigenvalue weighted by Crippen LogP contribution is -2.30. The van der Waals surface area contributed by atoms with Crippen LogP contribution in [0.3, 0.4) is 0 Å². The summed E-state index contributed by atoms with van der Waals surface area (Å²) in [6.07, 6.45) is 0. The van der Waals surface area contributed by atoms with Gasteiger partial charge < -0.3 is 14.4 Å². The fraction of sp³-hybridized carbons (Fsp3) is 0.375. The first-order valence-electron chi connectivity index (χ1n) is 7.37. The lowest BCUT2D eigenvalue weighted by molar-refractivity contribution is 0.0766. The third-order valence-corrected chi connectivity index (χ3v) is 3.82. The molecule has 0 saturated carbocycles. The van der Waals surface area contributed by atoms with Crippen molar-refractivity contribution in [2.24, 2.45) is 7.05 Å². The van der Waals surface area contributed by atoms with Gasteiger partial charge >= 0.3 is 0 Å². The molecule has 0 unspecified atom stereocenters. The molecule has 0 fully saturated rings. The normalized spacial score (nSPS) is 12.5. The Morgan fingerprint density at radius 2 is 1.95 bits per heavy atom. The van der Waals surface area contributed by atoms with E-state index in [1.165, 1.54) is 0 Å². The van der Waals surface area contributed by atoms with E-state index in [2.05, 4.69) is 5.10 Å². The average Bonchev–Trinajstić information content (AvgIpc) is 3.13. The summed E-state index contributed by atoms with van der Waals surface area (Å²) in [7, 11) is 1.83. The Morgan fingerprint density at radius 1 is 1.23 bits per heavy atom. The molecule has 6 nitrogen and oxygen atoms in total. The van der Waals surface area contributed by atoms with E-state index in [0.29, 0.717) is 18.8 Å². The van der Waals surface area contributed by atoms with Crippen molar-refractivity contribution in [2.45, 2.75) is 13.8 Å². The summed E-state index contributed by atoms with van der Waals surface area (Å²) >= 11 is 0. The highest BCUT2D eigenvalue weighted by Gasteiger charge is 2.20. The van der Waals surface area contributed by atoms with Gasteiger partial charge in [-0.15, -0.1) is 0 Å². The fourth-order valence-electron chi connectivity index (χ4n) is 2.57. The lowest BCUT2D eigenvalue weighted by atomic mass is 10.1. The molecule has 3 rings (SSSR count). The van der Waals surface area contributed by atoms with Crippen molar-refractivity contribution in [3.8, 4) is 22.8 Å². The summed E-state index contributed by atoms with van der Waals surface area (Å²) in [5.74, 6) is 1.41. The first-order valence-corrected chi connectivity index (χ1v) is 7.37. The van der Waals surface area contributed by atoms with Gasteiger partial charge in [0.15, 0.2) is 17.2 Å². The highest BCUT2D eigenvalue weighted by molar-refractivity contribution is 5.93. The molecule has 1 aliphatic rings. The van der Waals surface area contributed by atoms with Gasteiger partial charge in [0.1, 0.15) is 0 Å². The molecule has 0 N–H and O–H groups in total. The van der Waals surface area contributed by atoms with E-state index in [4.69, 9.17) is 9.47 Å². The van der Waals surface area contributed by atoms with Crippen LogP contribution in [-0.2, 0) is 7.05 Å². The van der Waals surface area contributed by atoms with Crippen LogP contribution in [0, 0.1) is 0 Å². The molecule has 0 aliphatic carbocycles. The molecule has 0 spiro atoms. The van der Waals surface area contributed by atoms with E-state index in [1.54, 1.807) is 9.58 Å². The van der Waals surface area contributed by atoms with Crippen LogP contribution in [0.15, 0.2) is 24.3 Å². The number of nitrogens with zero attached hydrogens (tertiary/aromatic N) is 3. The molecular weight excluding hydrogens is 282 g/mol. The van der Waals surface area contributed by atoms with Crippen molar-refractivity contribution in [1.29, 1.82) is 0 Å². The smallest absolute Gasteiger partial charge is 0.274 e. The molecule has 0 saturated heterocycles. The summed E-state index contributed by atoms with van der Waals surface area (Å²) < 4.78 is 12.4. The number of amides is 1. The Hall–Kier alpha value is -2.50. The average molecular weight is 301 g/mol. The van der Waals surface area contributed by atoms with Crippen LogP contribution < -0.4 is 9.47 Å². The SMILES string of the molecule is CCN(CC)C(=O)c1cc(-c2ccc3c(c2)OCO3)n(C)n1. The second-order valence-electron chi connectivity index (χ2n) is 5.08. The van der Waals surface area contributed by atoms with E-state index in [9.17, 15) is 4.79 Å². The summed E-state index contributed by atoms with van der Waals surface area (Å²) in [4.78, 5) is 14.2. The second kappa shape index (κ2) is 5.71. The minimum Gasteiger partial charge on any atom is -0.454 e. The van der Waals surface area contributed by atoms with Gasteiger partial charge in [0.2, 0.25) is 6.79 Å². The molecular formula is C16H19N3O3. The van der Waals surface area contributed by atoms with Crippen molar-refractivity contribution in [3.63, 3.8) is 0 Å². The maximum atomic E-state index is 12.4. The van der Waals surface area contributed by atoms with E-state index in [-0.39, 0.29) is 12.7 Å². The number of hydrogen-bond donors (Lipinski definition) is 0. The molecule has 116 valence electrons. The zero-order valence-corrected chi connectivity index (χ0v) is 13.0. The Balaban J connectivity index is 1.94. The van der Waals surface area contributed by atoms with Crippen LogP contribution in [0.4, 0.5) is 0 Å². The molecule has 2 aromatic rings. The van der Waals surface area contributed by atoms with E-state index >= 15 is 0 Å². The number of aryl methyl sites for hydroxylation is 1. The van der Waals surface area contributed by atoms with Crippen LogP contribution in [0.25, 0.3) is 11.3 Å². The number of ether oxygens (including phenoxy) is 2. The van der Waals surface area contributed by atoms with Crippen molar-refractivity contribution in [1.82, 2.24) is 14.7 Å². The van der Waals surface area contributed by atoms with Gasteiger partial charge in [-0.1, -0.05) is 0 Å². The summed E-state index contributed by atoms with van der Waals surface area (Å²) in [5.41, 5.74) is 2.27. The Morgan fingerprint density at radius 3 is 2.68 bits per heavy atom. The van der Waals surface area contributed by atoms with Crippen molar-refractivity contribution in [2.75, 3.05) is 19.9 Å². The van der Waals surface area contributed by atoms with Crippen molar-refractivity contribution in [3.05, 3.63) is 30.0 Å². The summed E-state index contributed by atoms with van der Waals surface area (Å²) in [6, 6.07) is 7.54. The van der Waals surface area contributed by atoms with Gasteiger partial charge in [-0.3, -0.25) is 9.48 Å². The van der Waals surface area contributed by atoms with Crippen LogP contribution in [0.1, 0.15) is 24.3 Å². The van der Waals surface area contributed by atoms with Crippen LogP contribution >= 0.6 is 0 Å². The first kappa shape index (κ1) is 14.4. The van der Waals surface area contributed by atoms with Crippen molar-refractivity contribution >= 4 is 5.91 Å². The number of aromatic nitrogens is 2. The highest BCUT2D eigenvalue weighted by Crippen LogP contribution is 2.35.